The number of nitrogens with zero attached hydrogens (tertiary/aromatic N) is 4. The Hall–Kier alpha value is -2.87. The molecule has 3 aromatic rings. The Bertz CT molecular complexity index is 940. The Kier molecular flexibility index (Phi) is 6.65. The van der Waals surface area contributed by atoms with Crippen LogP contribution < -0.4 is 10.1 Å². The van der Waals surface area contributed by atoms with Crippen molar-refractivity contribution in [1.82, 2.24) is 19.7 Å². The van der Waals surface area contributed by atoms with E-state index in [0.29, 0.717) is 17.6 Å². The van der Waals surface area contributed by atoms with Gasteiger partial charge in [-0.3, -0.25) is 4.79 Å². The summed E-state index contributed by atoms with van der Waals surface area (Å²) in [4.78, 5) is 16.4. The lowest BCUT2D eigenvalue weighted by molar-refractivity contribution is -0.113. The largest absolute Gasteiger partial charge is 0.481 e. The number of methoxy groups -OCH3 is 1. The maximum absolute atomic E-state index is 12.3. The fourth-order valence-electron chi connectivity index (χ4n) is 2.71. The predicted molar refractivity (Wildman–Crippen MR) is 111 cm³/mol. The third-order valence-electron chi connectivity index (χ3n) is 4.21. The normalized spacial score (nSPS) is 10.7. The average Bonchev–Trinajstić information content (AvgIpc) is 3.16. The van der Waals surface area contributed by atoms with Crippen molar-refractivity contribution < 1.29 is 9.53 Å². The lowest BCUT2D eigenvalue weighted by Gasteiger charge is -2.08. The van der Waals surface area contributed by atoms with Crippen molar-refractivity contribution in [2.75, 3.05) is 18.2 Å². The third kappa shape index (κ3) is 4.69. The minimum atomic E-state index is -0.0768. The maximum Gasteiger partial charge on any atom is 0.234 e. The van der Waals surface area contributed by atoms with Crippen LogP contribution in [0.1, 0.15) is 19.4 Å². The molecule has 146 valence electrons. The highest BCUT2D eigenvalue weighted by Gasteiger charge is 2.15. The van der Waals surface area contributed by atoms with Crippen LogP contribution in [0.3, 0.4) is 0 Å². The van der Waals surface area contributed by atoms with E-state index in [0.717, 1.165) is 23.5 Å². The van der Waals surface area contributed by atoms with Crippen molar-refractivity contribution in [3.8, 4) is 17.3 Å². The average molecular weight is 398 g/mol. The second-order valence-corrected chi connectivity index (χ2v) is 6.97. The first-order valence-electron chi connectivity index (χ1n) is 9.09. The van der Waals surface area contributed by atoms with Crippen LogP contribution in [0.2, 0.25) is 0 Å². The predicted octanol–water partition coefficient (Wildman–Crippen LogP) is 3.66. The van der Waals surface area contributed by atoms with Gasteiger partial charge in [-0.2, -0.15) is 0 Å². The summed E-state index contributed by atoms with van der Waals surface area (Å²) in [6.07, 6.45) is 2.65. The van der Waals surface area contributed by atoms with Gasteiger partial charge in [0.25, 0.3) is 0 Å². The first kappa shape index (κ1) is 19.9. The van der Waals surface area contributed by atoms with E-state index < -0.39 is 0 Å². The number of ether oxygens (including phenoxy) is 1. The van der Waals surface area contributed by atoms with E-state index in [1.807, 2.05) is 47.9 Å². The highest BCUT2D eigenvalue weighted by Crippen LogP contribution is 2.25. The van der Waals surface area contributed by atoms with Crippen molar-refractivity contribution in [2.45, 2.75) is 32.0 Å². The first-order chi connectivity index (χ1) is 13.6. The third-order valence-corrected chi connectivity index (χ3v) is 5.18. The minimum absolute atomic E-state index is 0.0768. The van der Waals surface area contributed by atoms with Gasteiger partial charge in [-0.05, 0) is 37.1 Å². The fraction of sp³-hybridized carbons (Fsp3) is 0.300. The molecule has 0 saturated heterocycles. The van der Waals surface area contributed by atoms with Gasteiger partial charge in [0.15, 0.2) is 11.0 Å². The van der Waals surface area contributed by atoms with Crippen LogP contribution >= 0.6 is 11.8 Å². The molecule has 0 aliphatic carbocycles. The molecule has 0 radical (unpaired) electrons. The minimum Gasteiger partial charge on any atom is -0.481 e. The summed E-state index contributed by atoms with van der Waals surface area (Å²) in [5.41, 5.74) is 2.90. The maximum atomic E-state index is 12.3. The molecule has 7 nitrogen and oxygen atoms in total. The van der Waals surface area contributed by atoms with Gasteiger partial charge in [-0.25, -0.2) is 4.98 Å². The van der Waals surface area contributed by atoms with Crippen LogP contribution in [0.25, 0.3) is 11.4 Å². The fourth-order valence-corrected chi connectivity index (χ4v) is 3.51. The van der Waals surface area contributed by atoms with Crippen molar-refractivity contribution in [1.29, 1.82) is 0 Å². The molecule has 1 amide bonds. The first-order valence-corrected chi connectivity index (χ1v) is 10.1. The SMILES string of the molecule is CCc1ccc(NC(=O)CSc2nnc(-c3ccnc(OC)c3)n2CC)cc1. The van der Waals surface area contributed by atoms with Crippen molar-refractivity contribution >= 4 is 23.4 Å². The summed E-state index contributed by atoms with van der Waals surface area (Å²) < 4.78 is 7.15. The van der Waals surface area contributed by atoms with Crippen LogP contribution in [0.5, 0.6) is 5.88 Å². The van der Waals surface area contributed by atoms with Crippen molar-refractivity contribution in [2.24, 2.45) is 0 Å². The molecule has 0 spiro atoms. The molecule has 0 aliphatic heterocycles. The molecule has 2 heterocycles. The van der Waals surface area contributed by atoms with E-state index in [9.17, 15) is 4.79 Å². The summed E-state index contributed by atoms with van der Waals surface area (Å²) in [6.45, 7) is 4.81. The number of pyridine rings is 1. The number of aryl methyl sites for hydroxylation is 1. The summed E-state index contributed by atoms with van der Waals surface area (Å²) in [7, 11) is 1.58. The number of nitrogens with one attached hydrogen (secondary N) is 1. The number of carbonyl (C=O) groups is 1. The second-order valence-electron chi connectivity index (χ2n) is 6.02. The van der Waals surface area contributed by atoms with Gasteiger partial charge < -0.3 is 14.6 Å². The number of amides is 1. The summed E-state index contributed by atoms with van der Waals surface area (Å²) in [5.74, 6) is 1.42. The molecule has 0 aliphatic rings. The smallest absolute Gasteiger partial charge is 0.234 e. The van der Waals surface area contributed by atoms with Crippen molar-refractivity contribution in [3.63, 3.8) is 0 Å². The number of aromatic nitrogens is 4. The molecule has 0 fully saturated rings. The molecule has 0 atom stereocenters. The molecule has 3 rings (SSSR count). The molecule has 1 aromatic carbocycles. The molecule has 0 unspecified atom stereocenters. The quantitative estimate of drug-likeness (QED) is 0.584. The monoisotopic (exact) mass is 397 g/mol. The zero-order valence-corrected chi connectivity index (χ0v) is 17.0. The molecule has 28 heavy (non-hydrogen) atoms. The number of rotatable bonds is 8. The summed E-state index contributed by atoms with van der Waals surface area (Å²) in [6, 6.07) is 11.6. The highest BCUT2D eigenvalue weighted by molar-refractivity contribution is 7.99. The number of carbonyl (C=O) groups excluding carboxylic acids is 1. The Morgan fingerprint density at radius 1 is 1.18 bits per heavy atom. The zero-order valence-electron chi connectivity index (χ0n) is 16.2. The number of hydrogen-bond acceptors (Lipinski definition) is 6. The van der Waals surface area contributed by atoms with Gasteiger partial charge in [-0.1, -0.05) is 30.8 Å². The number of thioether (sulfide) groups is 1. The summed E-state index contributed by atoms with van der Waals surface area (Å²) in [5, 5.41) is 12.2. The molecule has 0 saturated carbocycles. The molecule has 0 bridgehead atoms. The van der Waals surface area contributed by atoms with E-state index in [2.05, 4.69) is 27.4 Å². The Morgan fingerprint density at radius 2 is 1.96 bits per heavy atom. The van der Waals surface area contributed by atoms with Gasteiger partial charge in [0.05, 0.1) is 12.9 Å². The Labute approximate surface area is 168 Å². The molecule has 2 aromatic heterocycles. The van der Waals surface area contributed by atoms with E-state index in [-0.39, 0.29) is 11.7 Å². The van der Waals surface area contributed by atoms with E-state index >= 15 is 0 Å². The van der Waals surface area contributed by atoms with E-state index in [4.69, 9.17) is 4.74 Å². The van der Waals surface area contributed by atoms with Crippen LogP contribution in [-0.2, 0) is 17.8 Å². The number of anilines is 1. The molecule has 1 N–H and O–H groups in total. The molecule has 8 heteroatoms. The molecular formula is C20H23N5O2S. The standard InChI is InChI=1S/C20H23N5O2S/c1-4-14-6-8-16(9-7-14)22-17(26)13-28-20-24-23-19(25(20)5-2)15-10-11-21-18(12-15)27-3/h6-12H,4-5,13H2,1-3H3,(H,22,26). The Balaban J connectivity index is 1.67. The lowest BCUT2D eigenvalue weighted by Crippen LogP contribution is -2.14. The topological polar surface area (TPSA) is 81.9 Å². The van der Waals surface area contributed by atoms with Crippen LogP contribution in [0.15, 0.2) is 47.8 Å². The van der Waals surface area contributed by atoms with Crippen LogP contribution in [-0.4, -0.2) is 38.5 Å². The van der Waals surface area contributed by atoms with Gasteiger partial charge in [0, 0.05) is 30.1 Å². The van der Waals surface area contributed by atoms with Crippen molar-refractivity contribution in [3.05, 3.63) is 48.2 Å². The van der Waals surface area contributed by atoms with Crippen LogP contribution in [0.4, 0.5) is 5.69 Å². The molecular weight excluding hydrogens is 374 g/mol. The van der Waals surface area contributed by atoms with Gasteiger partial charge >= 0.3 is 0 Å². The summed E-state index contributed by atoms with van der Waals surface area (Å²) >= 11 is 1.36. The van der Waals surface area contributed by atoms with E-state index in [1.165, 1.54) is 17.3 Å². The number of benzene rings is 1. The van der Waals surface area contributed by atoms with Crippen LogP contribution in [0, 0.1) is 0 Å². The number of hydrogen-bond donors (Lipinski definition) is 1. The van der Waals surface area contributed by atoms with Gasteiger partial charge in [0.2, 0.25) is 11.8 Å². The Morgan fingerprint density at radius 3 is 2.64 bits per heavy atom. The lowest BCUT2D eigenvalue weighted by atomic mass is 10.1. The zero-order chi connectivity index (χ0) is 19.9. The van der Waals surface area contributed by atoms with Gasteiger partial charge in [-0.15, -0.1) is 10.2 Å². The second kappa shape index (κ2) is 9.36. The highest BCUT2D eigenvalue weighted by atomic mass is 32.2. The van der Waals surface area contributed by atoms with E-state index in [1.54, 1.807) is 13.3 Å². The van der Waals surface area contributed by atoms with Gasteiger partial charge in [0.1, 0.15) is 0 Å².